The number of hydrogen-bond acceptors (Lipinski definition) is 6. The van der Waals surface area contributed by atoms with Crippen LogP contribution in [0.1, 0.15) is 50.6 Å². The summed E-state index contributed by atoms with van der Waals surface area (Å²) in [5, 5.41) is 12.2. The minimum atomic E-state index is -0.386. The van der Waals surface area contributed by atoms with Gasteiger partial charge in [-0.1, -0.05) is 31.5 Å². The van der Waals surface area contributed by atoms with E-state index in [4.69, 9.17) is 10.2 Å². The number of thioether (sulfide) groups is 1. The summed E-state index contributed by atoms with van der Waals surface area (Å²) in [6.07, 6.45) is 6.82. The second-order valence-electron chi connectivity index (χ2n) is 7.26. The van der Waals surface area contributed by atoms with Gasteiger partial charge < -0.3 is 15.5 Å². The van der Waals surface area contributed by atoms with Gasteiger partial charge in [-0.05, 0) is 30.9 Å². The molecule has 2 atom stereocenters. The van der Waals surface area contributed by atoms with Gasteiger partial charge in [0.05, 0.1) is 18.6 Å². The number of nitrogens with two attached hydrogens (primary N) is 1. The molecule has 1 aliphatic rings. The lowest BCUT2D eigenvalue weighted by atomic mass is 9.86. The van der Waals surface area contributed by atoms with E-state index in [1.807, 2.05) is 16.7 Å². The molecule has 0 aromatic carbocycles. The van der Waals surface area contributed by atoms with Gasteiger partial charge in [0.15, 0.2) is 5.16 Å². The Kier molecular flexibility index (Phi) is 7.13. The largest absolute Gasteiger partial charge is 0.467 e. The number of primary amides is 1. The van der Waals surface area contributed by atoms with Crippen LogP contribution in [-0.4, -0.2) is 38.4 Å². The Balaban J connectivity index is 1.63. The van der Waals surface area contributed by atoms with Gasteiger partial charge in [-0.15, -0.1) is 10.2 Å². The fourth-order valence-corrected chi connectivity index (χ4v) is 4.24. The molecule has 0 radical (unpaired) electrons. The summed E-state index contributed by atoms with van der Waals surface area (Å²) in [5.41, 5.74) is 5.26. The average Bonchev–Trinajstić information content (AvgIpc) is 3.31. The van der Waals surface area contributed by atoms with Crippen molar-refractivity contribution in [1.29, 1.82) is 0 Å². The zero-order valence-corrected chi connectivity index (χ0v) is 16.9. The summed E-state index contributed by atoms with van der Waals surface area (Å²) in [5.74, 6) is 1.82. The normalized spacial score (nSPS) is 19.5. The van der Waals surface area contributed by atoms with Crippen LogP contribution in [0.2, 0.25) is 0 Å². The number of furan rings is 1. The molecule has 2 unspecified atom stereocenters. The van der Waals surface area contributed by atoms with Crippen molar-refractivity contribution in [2.24, 2.45) is 11.7 Å². The van der Waals surface area contributed by atoms with Gasteiger partial charge in [-0.2, -0.15) is 0 Å². The zero-order chi connectivity index (χ0) is 19.9. The van der Waals surface area contributed by atoms with Crippen molar-refractivity contribution in [1.82, 2.24) is 20.1 Å². The lowest BCUT2D eigenvalue weighted by Gasteiger charge is -2.29. The third-order valence-electron chi connectivity index (χ3n) is 5.07. The molecule has 8 nitrogen and oxygen atoms in total. The second kappa shape index (κ2) is 9.77. The lowest BCUT2D eigenvalue weighted by molar-refractivity contribution is -0.120. The molecule has 1 aliphatic carbocycles. The van der Waals surface area contributed by atoms with E-state index in [2.05, 4.69) is 22.4 Å². The van der Waals surface area contributed by atoms with E-state index in [1.165, 1.54) is 31.0 Å². The van der Waals surface area contributed by atoms with Gasteiger partial charge >= 0.3 is 0 Å². The summed E-state index contributed by atoms with van der Waals surface area (Å²) >= 11 is 1.34. The van der Waals surface area contributed by atoms with Gasteiger partial charge in [0.25, 0.3) is 0 Å². The molecule has 2 aromatic heterocycles. The number of carbonyl (C=O) groups excluding carboxylic acids is 2. The maximum absolute atomic E-state index is 12.4. The van der Waals surface area contributed by atoms with Crippen LogP contribution in [0.5, 0.6) is 0 Å². The van der Waals surface area contributed by atoms with Crippen LogP contribution in [-0.2, 0) is 22.6 Å². The summed E-state index contributed by atoms with van der Waals surface area (Å²) in [6.45, 7) is 2.64. The topological polar surface area (TPSA) is 116 Å². The maximum atomic E-state index is 12.4. The Morgan fingerprint density at radius 3 is 2.89 bits per heavy atom. The third kappa shape index (κ3) is 5.60. The molecule has 3 N–H and O–H groups in total. The van der Waals surface area contributed by atoms with Crippen molar-refractivity contribution in [3.8, 4) is 0 Å². The summed E-state index contributed by atoms with van der Waals surface area (Å²) < 4.78 is 7.30. The molecular formula is C19H27N5O3S. The summed E-state index contributed by atoms with van der Waals surface area (Å²) in [4.78, 5) is 23.5. The number of carbonyl (C=O) groups is 2. The van der Waals surface area contributed by atoms with Crippen LogP contribution in [0.3, 0.4) is 0 Å². The highest BCUT2D eigenvalue weighted by atomic mass is 32.2. The fraction of sp³-hybridized carbons (Fsp3) is 0.579. The van der Waals surface area contributed by atoms with Crippen molar-refractivity contribution in [2.45, 2.75) is 63.2 Å². The predicted molar refractivity (Wildman–Crippen MR) is 106 cm³/mol. The SMILES string of the molecule is CC1CCCCC1NC(=O)CSc1nnc(CCC(N)=O)n1Cc1ccco1. The van der Waals surface area contributed by atoms with Crippen molar-refractivity contribution in [3.63, 3.8) is 0 Å². The first-order valence-corrected chi connectivity index (χ1v) is 10.7. The van der Waals surface area contributed by atoms with Crippen LogP contribution in [0.25, 0.3) is 0 Å². The molecule has 0 saturated heterocycles. The number of rotatable bonds is 9. The van der Waals surface area contributed by atoms with Crippen LogP contribution < -0.4 is 11.1 Å². The predicted octanol–water partition coefficient (Wildman–Crippen LogP) is 2.12. The first-order chi connectivity index (χ1) is 13.5. The molecule has 9 heteroatoms. The average molecular weight is 406 g/mol. The highest BCUT2D eigenvalue weighted by Crippen LogP contribution is 2.24. The molecule has 28 heavy (non-hydrogen) atoms. The van der Waals surface area contributed by atoms with E-state index < -0.39 is 0 Å². The Morgan fingerprint density at radius 1 is 1.36 bits per heavy atom. The van der Waals surface area contributed by atoms with Crippen LogP contribution in [0.15, 0.2) is 28.0 Å². The van der Waals surface area contributed by atoms with E-state index in [0.29, 0.717) is 29.9 Å². The van der Waals surface area contributed by atoms with Crippen molar-refractivity contribution in [3.05, 3.63) is 30.0 Å². The van der Waals surface area contributed by atoms with Gasteiger partial charge in [0.1, 0.15) is 11.6 Å². The monoisotopic (exact) mass is 405 g/mol. The Labute approximate surface area is 168 Å². The molecule has 2 aromatic rings. The minimum absolute atomic E-state index is 0.00924. The molecule has 0 spiro atoms. The van der Waals surface area contributed by atoms with Gasteiger partial charge in [0.2, 0.25) is 11.8 Å². The van der Waals surface area contributed by atoms with E-state index in [-0.39, 0.29) is 30.0 Å². The number of nitrogens with zero attached hydrogens (tertiary/aromatic N) is 3. The molecule has 1 saturated carbocycles. The third-order valence-corrected chi connectivity index (χ3v) is 6.04. The first-order valence-electron chi connectivity index (χ1n) is 9.68. The van der Waals surface area contributed by atoms with E-state index in [1.54, 1.807) is 6.26 Å². The molecule has 0 bridgehead atoms. The van der Waals surface area contributed by atoms with Crippen molar-refractivity contribution >= 4 is 23.6 Å². The van der Waals surface area contributed by atoms with Crippen molar-refractivity contribution in [2.75, 3.05) is 5.75 Å². The number of amides is 2. The Bertz CT molecular complexity index is 790. The summed E-state index contributed by atoms with van der Waals surface area (Å²) in [7, 11) is 0. The standard InChI is InChI=1S/C19H27N5O3S/c1-13-5-2-3-7-15(13)21-18(26)12-28-19-23-22-17(9-8-16(20)25)24(19)11-14-6-4-10-27-14/h4,6,10,13,15H,2-3,5,7-9,11-12H2,1H3,(H2,20,25)(H,21,26). The van der Waals surface area contributed by atoms with E-state index in [0.717, 1.165) is 12.2 Å². The lowest BCUT2D eigenvalue weighted by Crippen LogP contribution is -2.41. The molecule has 2 amide bonds. The minimum Gasteiger partial charge on any atom is -0.467 e. The number of aromatic nitrogens is 3. The Morgan fingerprint density at radius 2 is 2.18 bits per heavy atom. The number of aryl methyl sites for hydroxylation is 1. The van der Waals surface area contributed by atoms with Crippen LogP contribution >= 0.6 is 11.8 Å². The van der Waals surface area contributed by atoms with E-state index in [9.17, 15) is 9.59 Å². The molecular weight excluding hydrogens is 378 g/mol. The number of nitrogens with one attached hydrogen (secondary N) is 1. The Hall–Kier alpha value is -2.29. The molecule has 2 heterocycles. The molecule has 152 valence electrons. The summed E-state index contributed by atoms with van der Waals surface area (Å²) in [6, 6.07) is 3.94. The first kappa shape index (κ1) is 20.4. The van der Waals surface area contributed by atoms with Gasteiger partial charge in [-0.25, -0.2) is 0 Å². The second-order valence-corrected chi connectivity index (χ2v) is 8.20. The molecule has 3 rings (SSSR count). The molecule has 1 fully saturated rings. The highest BCUT2D eigenvalue weighted by Gasteiger charge is 2.23. The fourth-order valence-electron chi connectivity index (χ4n) is 3.47. The highest BCUT2D eigenvalue weighted by molar-refractivity contribution is 7.99. The maximum Gasteiger partial charge on any atom is 0.230 e. The smallest absolute Gasteiger partial charge is 0.230 e. The van der Waals surface area contributed by atoms with Crippen LogP contribution in [0.4, 0.5) is 0 Å². The van der Waals surface area contributed by atoms with E-state index >= 15 is 0 Å². The zero-order valence-electron chi connectivity index (χ0n) is 16.1. The molecule has 0 aliphatic heterocycles. The van der Waals surface area contributed by atoms with Gasteiger partial charge in [0, 0.05) is 18.9 Å². The van der Waals surface area contributed by atoms with Crippen molar-refractivity contribution < 1.29 is 14.0 Å². The van der Waals surface area contributed by atoms with Crippen LogP contribution in [0, 0.1) is 5.92 Å². The number of hydrogen-bond donors (Lipinski definition) is 2. The quantitative estimate of drug-likeness (QED) is 0.617. The van der Waals surface area contributed by atoms with Gasteiger partial charge in [-0.3, -0.25) is 14.2 Å².